The lowest BCUT2D eigenvalue weighted by molar-refractivity contribution is -0.135. The van der Waals surface area contributed by atoms with Gasteiger partial charge in [0.2, 0.25) is 0 Å². The number of anilines is 1. The second-order valence-electron chi connectivity index (χ2n) is 5.55. The SMILES string of the molecule is Cc1n[nH]c2ccc(N(CC(=O)O)S(=O)(=O)c3cc(Cl)cc(Cl)c3)cc12. The summed E-state index contributed by atoms with van der Waals surface area (Å²) in [6.45, 7) is 1.00. The van der Waals surface area contributed by atoms with Gasteiger partial charge in [-0.15, -0.1) is 0 Å². The maximum Gasteiger partial charge on any atom is 0.324 e. The van der Waals surface area contributed by atoms with Gasteiger partial charge >= 0.3 is 5.97 Å². The van der Waals surface area contributed by atoms with Gasteiger partial charge in [-0.1, -0.05) is 23.2 Å². The van der Waals surface area contributed by atoms with Crippen molar-refractivity contribution in [1.29, 1.82) is 0 Å². The minimum Gasteiger partial charge on any atom is -0.480 e. The number of aromatic amines is 1. The number of aryl methyl sites for hydroxylation is 1. The number of nitrogens with zero attached hydrogens (tertiary/aromatic N) is 2. The van der Waals surface area contributed by atoms with Crippen LogP contribution in [0.15, 0.2) is 41.3 Å². The molecule has 0 saturated heterocycles. The molecule has 0 saturated carbocycles. The molecule has 0 bridgehead atoms. The Hall–Kier alpha value is -2.29. The van der Waals surface area contributed by atoms with Gasteiger partial charge < -0.3 is 5.11 Å². The van der Waals surface area contributed by atoms with E-state index in [2.05, 4.69) is 10.2 Å². The number of benzene rings is 2. The van der Waals surface area contributed by atoms with E-state index in [1.165, 1.54) is 24.3 Å². The number of halogens is 2. The monoisotopic (exact) mass is 413 g/mol. The van der Waals surface area contributed by atoms with Crippen LogP contribution in [0.4, 0.5) is 5.69 Å². The minimum absolute atomic E-state index is 0.132. The van der Waals surface area contributed by atoms with E-state index in [1.54, 1.807) is 19.1 Å². The van der Waals surface area contributed by atoms with Crippen molar-refractivity contribution in [1.82, 2.24) is 10.2 Å². The van der Waals surface area contributed by atoms with Crippen molar-refractivity contribution in [3.05, 3.63) is 52.1 Å². The number of sulfonamides is 1. The Bertz CT molecular complexity index is 1090. The summed E-state index contributed by atoms with van der Waals surface area (Å²) >= 11 is 11.8. The Kier molecular flexibility index (Phi) is 4.83. The first-order valence-electron chi connectivity index (χ1n) is 7.34. The zero-order valence-electron chi connectivity index (χ0n) is 13.4. The predicted octanol–water partition coefficient (Wildman–Crippen LogP) is 3.46. The third kappa shape index (κ3) is 3.48. The highest BCUT2D eigenvalue weighted by Gasteiger charge is 2.28. The van der Waals surface area contributed by atoms with Gasteiger partial charge in [0.25, 0.3) is 10.0 Å². The van der Waals surface area contributed by atoms with Crippen LogP contribution in [-0.2, 0) is 14.8 Å². The number of fused-ring (bicyclic) bond motifs is 1. The fraction of sp³-hybridized carbons (Fsp3) is 0.125. The van der Waals surface area contributed by atoms with E-state index in [0.29, 0.717) is 16.6 Å². The quantitative estimate of drug-likeness (QED) is 0.666. The number of H-pyrrole nitrogens is 1. The van der Waals surface area contributed by atoms with Crippen molar-refractivity contribution in [3.8, 4) is 0 Å². The summed E-state index contributed by atoms with van der Waals surface area (Å²) in [6.07, 6.45) is 0. The van der Waals surface area contributed by atoms with Crippen molar-refractivity contribution in [3.63, 3.8) is 0 Å². The van der Waals surface area contributed by atoms with Gasteiger partial charge in [-0.05, 0) is 43.3 Å². The van der Waals surface area contributed by atoms with Crippen LogP contribution in [0.5, 0.6) is 0 Å². The first kappa shape index (κ1) is 18.5. The summed E-state index contributed by atoms with van der Waals surface area (Å²) in [6, 6.07) is 8.55. The molecule has 0 amide bonds. The van der Waals surface area contributed by atoms with Crippen molar-refractivity contribution in [2.75, 3.05) is 10.8 Å². The van der Waals surface area contributed by atoms with E-state index in [4.69, 9.17) is 23.2 Å². The van der Waals surface area contributed by atoms with E-state index in [9.17, 15) is 18.3 Å². The lowest BCUT2D eigenvalue weighted by Crippen LogP contribution is -2.35. The van der Waals surface area contributed by atoms with Gasteiger partial charge in [-0.3, -0.25) is 14.2 Å². The molecule has 3 rings (SSSR count). The molecule has 1 heterocycles. The lowest BCUT2D eigenvalue weighted by Gasteiger charge is -2.23. The molecule has 0 spiro atoms. The molecule has 10 heteroatoms. The van der Waals surface area contributed by atoms with Crippen LogP contribution in [0.3, 0.4) is 0 Å². The second kappa shape index (κ2) is 6.79. The third-order valence-electron chi connectivity index (χ3n) is 3.73. The van der Waals surface area contributed by atoms with E-state index in [-0.39, 0.29) is 20.6 Å². The molecule has 0 unspecified atom stereocenters. The Labute approximate surface area is 159 Å². The molecule has 2 N–H and O–H groups in total. The van der Waals surface area contributed by atoms with Gasteiger partial charge in [0.05, 0.1) is 21.8 Å². The van der Waals surface area contributed by atoms with E-state index in [1.807, 2.05) is 0 Å². The third-order valence-corrected chi connectivity index (χ3v) is 5.92. The summed E-state index contributed by atoms with van der Waals surface area (Å²) < 4.78 is 26.9. The summed E-state index contributed by atoms with van der Waals surface area (Å²) in [5.41, 5.74) is 1.57. The molecule has 0 fully saturated rings. The molecule has 2 aromatic carbocycles. The van der Waals surface area contributed by atoms with E-state index in [0.717, 1.165) is 4.31 Å². The highest BCUT2D eigenvalue weighted by Crippen LogP contribution is 2.30. The summed E-state index contributed by atoms with van der Waals surface area (Å²) in [5, 5.41) is 17.0. The van der Waals surface area contributed by atoms with Gasteiger partial charge in [0, 0.05) is 15.4 Å². The van der Waals surface area contributed by atoms with Crippen LogP contribution < -0.4 is 4.31 Å². The van der Waals surface area contributed by atoms with Crippen LogP contribution >= 0.6 is 23.2 Å². The maximum absolute atomic E-state index is 13.1. The summed E-state index contributed by atoms with van der Waals surface area (Å²) in [7, 11) is -4.21. The van der Waals surface area contributed by atoms with Crippen molar-refractivity contribution >= 4 is 55.8 Å². The Morgan fingerprint density at radius 2 is 1.85 bits per heavy atom. The molecule has 0 aliphatic heterocycles. The highest BCUT2D eigenvalue weighted by atomic mass is 35.5. The molecular weight excluding hydrogens is 401 g/mol. The van der Waals surface area contributed by atoms with Crippen LogP contribution in [0.25, 0.3) is 10.9 Å². The number of hydrogen-bond donors (Lipinski definition) is 2. The van der Waals surface area contributed by atoms with Crippen LogP contribution in [0.2, 0.25) is 10.0 Å². The average Bonchev–Trinajstić information content (AvgIpc) is 2.92. The van der Waals surface area contributed by atoms with Gasteiger partial charge in [0.1, 0.15) is 6.54 Å². The Morgan fingerprint density at radius 3 is 2.46 bits per heavy atom. The predicted molar refractivity (Wildman–Crippen MR) is 99.5 cm³/mol. The van der Waals surface area contributed by atoms with Gasteiger partial charge in [-0.2, -0.15) is 5.10 Å². The van der Waals surface area contributed by atoms with Crippen LogP contribution in [0.1, 0.15) is 5.69 Å². The number of aromatic nitrogens is 2. The summed E-state index contributed by atoms with van der Waals surface area (Å²) in [5.74, 6) is -1.30. The van der Waals surface area contributed by atoms with E-state index >= 15 is 0 Å². The number of rotatable bonds is 5. The normalized spacial score (nSPS) is 11.7. The van der Waals surface area contributed by atoms with E-state index < -0.39 is 22.5 Å². The number of nitrogens with one attached hydrogen (secondary N) is 1. The fourth-order valence-electron chi connectivity index (χ4n) is 2.53. The first-order valence-corrected chi connectivity index (χ1v) is 9.53. The molecule has 0 atom stereocenters. The topological polar surface area (TPSA) is 103 Å². The number of aliphatic carboxylic acids is 1. The molecule has 0 aliphatic rings. The van der Waals surface area contributed by atoms with Crippen molar-refractivity contribution in [2.24, 2.45) is 0 Å². The zero-order chi connectivity index (χ0) is 19.1. The maximum atomic E-state index is 13.1. The average molecular weight is 414 g/mol. The molecule has 7 nitrogen and oxygen atoms in total. The molecule has 0 aliphatic carbocycles. The molecule has 3 aromatic rings. The molecule has 26 heavy (non-hydrogen) atoms. The molecule has 136 valence electrons. The summed E-state index contributed by atoms with van der Waals surface area (Å²) in [4.78, 5) is 11.1. The first-order chi connectivity index (χ1) is 12.2. The largest absolute Gasteiger partial charge is 0.480 e. The smallest absolute Gasteiger partial charge is 0.324 e. The Balaban J connectivity index is 2.17. The van der Waals surface area contributed by atoms with Gasteiger partial charge in [0.15, 0.2) is 0 Å². The number of carboxylic acid groups (broad SMARTS) is 1. The zero-order valence-corrected chi connectivity index (χ0v) is 15.7. The van der Waals surface area contributed by atoms with Crippen molar-refractivity contribution in [2.45, 2.75) is 11.8 Å². The lowest BCUT2D eigenvalue weighted by atomic mass is 10.2. The van der Waals surface area contributed by atoms with Gasteiger partial charge in [-0.25, -0.2) is 8.42 Å². The molecule has 1 aromatic heterocycles. The fourth-order valence-corrected chi connectivity index (χ4v) is 4.66. The Morgan fingerprint density at radius 1 is 1.19 bits per heavy atom. The highest BCUT2D eigenvalue weighted by molar-refractivity contribution is 7.92. The molecular formula is C16H13Cl2N3O4S. The number of carboxylic acids is 1. The second-order valence-corrected chi connectivity index (χ2v) is 8.28. The van der Waals surface area contributed by atoms with Crippen molar-refractivity contribution < 1.29 is 18.3 Å². The van der Waals surface area contributed by atoms with Crippen LogP contribution in [0, 0.1) is 6.92 Å². The van der Waals surface area contributed by atoms with Crippen LogP contribution in [-0.4, -0.2) is 36.2 Å². The number of hydrogen-bond acceptors (Lipinski definition) is 4. The molecule has 0 radical (unpaired) electrons. The standard InChI is InChI=1S/C16H13Cl2N3O4S/c1-9-14-7-12(2-3-15(14)20-19-9)21(8-16(22)23)26(24,25)13-5-10(17)4-11(18)6-13/h2-7H,8H2,1H3,(H,19,20)(H,22,23). The minimum atomic E-state index is -4.21. The number of carbonyl (C=O) groups is 1.